The van der Waals surface area contributed by atoms with Crippen LogP contribution in [0.25, 0.3) is 55.6 Å². The Balaban J connectivity index is 1.30. The maximum absolute atomic E-state index is 6.74. The molecule has 0 unspecified atom stereocenters. The fourth-order valence-electron chi connectivity index (χ4n) is 7.29. The first-order valence-corrected chi connectivity index (χ1v) is 16.1. The summed E-state index contributed by atoms with van der Waals surface area (Å²) in [4.78, 5) is 7.45. The highest BCUT2D eigenvalue weighted by Crippen LogP contribution is 2.51. The van der Waals surface area contributed by atoms with Crippen LogP contribution in [0, 0.1) is 0 Å². The molecular weight excluding hydrogens is 572 g/mol. The van der Waals surface area contributed by atoms with Crippen molar-refractivity contribution >= 4 is 38.9 Å². The Kier molecular flexibility index (Phi) is 6.16. The van der Waals surface area contributed by atoms with Crippen molar-refractivity contribution in [2.45, 2.75) is 19.3 Å². The number of aromatic nitrogens is 1. The third kappa shape index (κ3) is 4.39. The average molecular weight is 605 g/mol. The van der Waals surface area contributed by atoms with Crippen LogP contribution in [-0.2, 0) is 5.41 Å². The molecule has 0 aliphatic heterocycles. The second kappa shape index (κ2) is 10.6. The highest BCUT2D eigenvalue weighted by molar-refractivity contribution is 6.11. The van der Waals surface area contributed by atoms with Crippen LogP contribution >= 0.6 is 0 Å². The smallest absolute Gasteiger partial charge is 0.227 e. The monoisotopic (exact) mass is 604 g/mol. The molecule has 9 rings (SSSR count). The van der Waals surface area contributed by atoms with Gasteiger partial charge in [0.1, 0.15) is 5.52 Å². The van der Waals surface area contributed by atoms with E-state index in [1.807, 2.05) is 30.3 Å². The van der Waals surface area contributed by atoms with Crippen LogP contribution in [0.1, 0.15) is 25.0 Å². The highest BCUT2D eigenvalue weighted by Gasteiger charge is 2.36. The number of nitrogens with zero attached hydrogens (tertiary/aromatic N) is 2. The molecule has 0 N–H and O–H groups in total. The zero-order valence-electron chi connectivity index (χ0n) is 26.3. The molecule has 0 bridgehead atoms. The quantitative estimate of drug-likeness (QED) is 0.196. The van der Waals surface area contributed by atoms with Gasteiger partial charge in [-0.2, -0.15) is 0 Å². The van der Waals surface area contributed by atoms with Crippen LogP contribution < -0.4 is 4.90 Å². The van der Waals surface area contributed by atoms with Crippen molar-refractivity contribution in [2.24, 2.45) is 0 Å². The van der Waals surface area contributed by atoms with Crippen LogP contribution in [-0.4, -0.2) is 4.98 Å². The highest BCUT2D eigenvalue weighted by atomic mass is 16.3. The van der Waals surface area contributed by atoms with Crippen molar-refractivity contribution in [1.29, 1.82) is 0 Å². The van der Waals surface area contributed by atoms with E-state index < -0.39 is 0 Å². The van der Waals surface area contributed by atoms with E-state index in [0.29, 0.717) is 5.89 Å². The van der Waals surface area contributed by atoms with Crippen LogP contribution in [0.4, 0.5) is 17.1 Å². The maximum atomic E-state index is 6.74. The standard InChI is InChI=1S/C44H32N2O/c1-44(2)38-20-12-11-19-36(38)37-26-25-34(28-39(37)44)46(33-23-21-30(22-24-33)29-13-5-3-6-14-29)40-27-32-17-9-10-18-35(32)41-42(40)47-43(45-41)31-15-7-4-8-16-31/h3-28H,1-2H3. The molecule has 0 fully saturated rings. The van der Waals surface area contributed by atoms with E-state index in [1.54, 1.807) is 0 Å². The molecule has 47 heavy (non-hydrogen) atoms. The Bertz CT molecular complexity index is 2420. The summed E-state index contributed by atoms with van der Waals surface area (Å²) in [5.74, 6) is 0.614. The number of hydrogen-bond donors (Lipinski definition) is 0. The maximum Gasteiger partial charge on any atom is 0.227 e. The van der Waals surface area contributed by atoms with Gasteiger partial charge < -0.3 is 9.32 Å². The summed E-state index contributed by atoms with van der Waals surface area (Å²) >= 11 is 0. The van der Waals surface area contributed by atoms with E-state index in [9.17, 15) is 0 Å². The zero-order valence-corrected chi connectivity index (χ0v) is 26.3. The Morgan fingerprint density at radius 1 is 0.532 bits per heavy atom. The predicted molar refractivity (Wildman–Crippen MR) is 195 cm³/mol. The molecule has 1 aliphatic rings. The van der Waals surface area contributed by atoms with Gasteiger partial charge in [0.05, 0.1) is 5.69 Å². The summed E-state index contributed by atoms with van der Waals surface area (Å²) in [5, 5.41) is 2.19. The van der Waals surface area contributed by atoms with Crippen molar-refractivity contribution in [2.75, 3.05) is 4.90 Å². The second-order valence-electron chi connectivity index (χ2n) is 12.8. The molecular formula is C44H32N2O. The predicted octanol–water partition coefficient (Wildman–Crippen LogP) is 12.1. The number of anilines is 3. The number of benzene rings is 7. The van der Waals surface area contributed by atoms with Crippen molar-refractivity contribution in [1.82, 2.24) is 4.98 Å². The van der Waals surface area contributed by atoms with Crippen LogP contribution in [0.15, 0.2) is 162 Å². The summed E-state index contributed by atoms with van der Waals surface area (Å²) in [6, 6.07) is 55.9. The minimum atomic E-state index is -0.129. The first-order chi connectivity index (χ1) is 23.1. The molecule has 0 radical (unpaired) electrons. The summed E-state index contributed by atoms with van der Waals surface area (Å²) in [6.07, 6.45) is 0. The lowest BCUT2D eigenvalue weighted by molar-refractivity contribution is 0.620. The Morgan fingerprint density at radius 3 is 1.94 bits per heavy atom. The molecule has 8 aromatic rings. The lowest BCUT2D eigenvalue weighted by Gasteiger charge is -2.28. The number of oxazole rings is 1. The van der Waals surface area contributed by atoms with E-state index in [-0.39, 0.29) is 5.41 Å². The molecule has 3 heteroatoms. The normalized spacial score (nSPS) is 13.1. The summed E-state index contributed by atoms with van der Waals surface area (Å²) in [6.45, 7) is 4.66. The van der Waals surface area contributed by atoms with E-state index >= 15 is 0 Å². The summed E-state index contributed by atoms with van der Waals surface area (Å²) in [5.41, 5.74) is 13.2. The third-order valence-electron chi connectivity index (χ3n) is 9.69. The van der Waals surface area contributed by atoms with Crippen molar-refractivity contribution in [3.8, 4) is 33.7 Å². The molecule has 224 valence electrons. The fourth-order valence-corrected chi connectivity index (χ4v) is 7.29. The number of rotatable bonds is 5. The van der Waals surface area contributed by atoms with Crippen LogP contribution in [0.2, 0.25) is 0 Å². The minimum Gasteiger partial charge on any atom is -0.434 e. The van der Waals surface area contributed by atoms with Gasteiger partial charge in [0.15, 0.2) is 5.58 Å². The Hall–Kier alpha value is -5.93. The van der Waals surface area contributed by atoms with Gasteiger partial charge in [-0.15, -0.1) is 0 Å². The van der Waals surface area contributed by atoms with Gasteiger partial charge in [-0.1, -0.05) is 129 Å². The van der Waals surface area contributed by atoms with Crippen LogP contribution in [0.5, 0.6) is 0 Å². The van der Waals surface area contributed by atoms with Gasteiger partial charge in [0.2, 0.25) is 5.89 Å². The lowest BCUT2D eigenvalue weighted by Crippen LogP contribution is -2.16. The average Bonchev–Trinajstić information content (AvgIpc) is 3.68. The van der Waals surface area contributed by atoms with Crippen molar-refractivity contribution < 1.29 is 4.42 Å². The van der Waals surface area contributed by atoms with Gasteiger partial charge >= 0.3 is 0 Å². The molecule has 1 aliphatic carbocycles. The summed E-state index contributed by atoms with van der Waals surface area (Å²) < 4.78 is 6.74. The summed E-state index contributed by atoms with van der Waals surface area (Å²) in [7, 11) is 0. The van der Waals surface area contributed by atoms with E-state index in [4.69, 9.17) is 9.40 Å². The SMILES string of the molecule is CC1(C)c2ccccc2-c2ccc(N(c3ccc(-c4ccccc4)cc3)c3cc4ccccc4c4nc(-c5ccccc5)oc34)cc21. The molecule has 0 saturated heterocycles. The second-order valence-corrected chi connectivity index (χ2v) is 12.8. The first-order valence-electron chi connectivity index (χ1n) is 16.1. The molecule has 1 aromatic heterocycles. The van der Waals surface area contributed by atoms with E-state index in [0.717, 1.165) is 44.5 Å². The molecule has 1 heterocycles. The molecule has 3 nitrogen and oxygen atoms in total. The molecule has 0 saturated carbocycles. The zero-order chi connectivity index (χ0) is 31.5. The number of hydrogen-bond acceptors (Lipinski definition) is 3. The van der Waals surface area contributed by atoms with E-state index in [1.165, 1.54) is 33.4 Å². The van der Waals surface area contributed by atoms with Gasteiger partial charge in [0.25, 0.3) is 0 Å². The molecule has 7 aromatic carbocycles. The van der Waals surface area contributed by atoms with Gasteiger partial charge in [0, 0.05) is 27.7 Å². The molecule has 0 spiro atoms. The van der Waals surface area contributed by atoms with Crippen molar-refractivity contribution in [3.05, 3.63) is 169 Å². The third-order valence-corrected chi connectivity index (χ3v) is 9.69. The van der Waals surface area contributed by atoms with E-state index in [2.05, 4.69) is 146 Å². The lowest BCUT2D eigenvalue weighted by atomic mass is 9.82. The Labute approximate surface area is 274 Å². The van der Waals surface area contributed by atoms with Crippen LogP contribution in [0.3, 0.4) is 0 Å². The Morgan fingerprint density at radius 2 is 1.15 bits per heavy atom. The van der Waals surface area contributed by atoms with Gasteiger partial charge in [-0.3, -0.25) is 0 Å². The largest absolute Gasteiger partial charge is 0.434 e. The first kappa shape index (κ1) is 27.4. The fraction of sp³-hybridized carbons (Fsp3) is 0.0682. The molecule has 0 atom stereocenters. The van der Waals surface area contributed by atoms with Crippen molar-refractivity contribution in [3.63, 3.8) is 0 Å². The van der Waals surface area contributed by atoms with Gasteiger partial charge in [-0.25, -0.2) is 4.98 Å². The van der Waals surface area contributed by atoms with Gasteiger partial charge in [-0.05, 0) is 81.2 Å². The molecule has 0 amide bonds. The minimum absolute atomic E-state index is 0.129. The topological polar surface area (TPSA) is 29.3 Å². The number of fused-ring (bicyclic) bond motifs is 6.